The van der Waals surface area contributed by atoms with E-state index in [1.807, 2.05) is 11.6 Å². The maximum absolute atomic E-state index is 12.0. The first-order valence-electron chi connectivity index (χ1n) is 6.45. The van der Waals surface area contributed by atoms with Crippen molar-refractivity contribution in [2.75, 3.05) is 13.1 Å². The first kappa shape index (κ1) is 14.7. The summed E-state index contributed by atoms with van der Waals surface area (Å²) < 4.78 is 1.82. The van der Waals surface area contributed by atoms with Crippen LogP contribution in [0.25, 0.3) is 0 Å². The molecule has 7 nitrogen and oxygen atoms in total. The van der Waals surface area contributed by atoms with E-state index in [2.05, 4.69) is 32.3 Å². The van der Waals surface area contributed by atoms with Gasteiger partial charge in [-0.05, 0) is 6.07 Å². The lowest BCUT2D eigenvalue weighted by atomic mass is 10.2. The van der Waals surface area contributed by atoms with Crippen molar-refractivity contribution in [1.82, 2.24) is 25.1 Å². The minimum Gasteiger partial charge on any atom is -0.352 e. The smallest absolute Gasteiger partial charge is 0.252 e. The van der Waals surface area contributed by atoms with Gasteiger partial charge in [-0.15, -0.1) is 10.2 Å². The van der Waals surface area contributed by atoms with Crippen molar-refractivity contribution >= 4 is 5.91 Å². The van der Waals surface area contributed by atoms with E-state index in [1.54, 1.807) is 18.6 Å². The number of hydrogen-bond acceptors (Lipinski definition) is 5. The predicted molar refractivity (Wildman–Crippen MR) is 77.2 cm³/mol. The Kier molecular flexibility index (Phi) is 5.01. The Morgan fingerprint density at radius 2 is 2.33 bits per heavy atom. The third-order valence-electron chi connectivity index (χ3n) is 2.77. The van der Waals surface area contributed by atoms with E-state index in [1.165, 1.54) is 6.20 Å². The molecule has 0 saturated heterocycles. The third-order valence-corrected chi connectivity index (χ3v) is 2.77. The molecule has 0 radical (unpaired) electrons. The first-order chi connectivity index (χ1) is 10.2. The molecule has 0 aliphatic carbocycles. The Hall–Kier alpha value is -2.72. The average molecular weight is 284 g/mol. The van der Waals surface area contributed by atoms with Crippen LogP contribution in [0.3, 0.4) is 0 Å². The van der Waals surface area contributed by atoms with E-state index in [4.69, 9.17) is 5.73 Å². The van der Waals surface area contributed by atoms with Crippen LogP contribution >= 0.6 is 0 Å². The van der Waals surface area contributed by atoms with Crippen LogP contribution in [0.5, 0.6) is 0 Å². The quantitative estimate of drug-likeness (QED) is 0.737. The molecule has 108 valence electrons. The van der Waals surface area contributed by atoms with Gasteiger partial charge in [0.15, 0.2) is 0 Å². The van der Waals surface area contributed by atoms with E-state index in [-0.39, 0.29) is 12.5 Å². The molecule has 0 saturated carbocycles. The maximum atomic E-state index is 12.0. The highest BCUT2D eigenvalue weighted by molar-refractivity contribution is 5.94. The standard InChI is InChI=1S/C14H16N6O/c1-20-10-18-19-13(20)4-6-17-14(21)12-7-11(3-2-5-15)8-16-9-12/h7-10H,4-6,15H2,1H3,(H,17,21). The summed E-state index contributed by atoms with van der Waals surface area (Å²) in [4.78, 5) is 16.0. The van der Waals surface area contributed by atoms with E-state index in [0.29, 0.717) is 24.1 Å². The summed E-state index contributed by atoms with van der Waals surface area (Å²) in [6.45, 7) is 0.748. The Balaban J connectivity index is 1.92. The molecule has 0 fully saturated rings. The van der Waals surface area contributed by atoms with Gasteiger partial charge >= 0.3 is 0 Å². The lowest BCUT2D eigenvalue weighted by Crippen LogP contribution is -2.26. The zero-order valence-corrected chi connectivity index (χ0v) is 11.7. The Bertz CT molecular complexity index is 682. The molecule has 2 heterocycles. The number of rotatable bonds is 4. The number of nitrogens with zero attached hydrogens (tertiary/aromatic N) is 4. The normalized spacial score (nSPS) is 9.81. The highest BCUT2D eigenvalue weighted by Gasteiger charge is 2.07. The predicted octanol–water partition coefficient (Wildman–Crippen LogP) is -0.507. The van der Waals surface area contributed by atoms with Crippen LogP contribution < -0.4 is 11.1 Å². The van der Waals surface area contributed by atoms with Gasteiger partial charge in [-0.3, -0.25) is 9.78 Å². The Labute approximate surface area is 122 Å². The number of amides is 1. The largest absolute Gasteiger partial charge is 0.352 e. The first-order valence-corrected chi connectivity index (χ1v) is 6.45. The van der Waals surface area contributed by atoms with E-state index in [0.717, 1.165) is 5.82 Å². The summed E-state index contributed by atoms with van der Waals surface area (Å²) in [5.41, 5.74) is 6.45. The van der Waals surface area contributed by atoms with E-state index in [9.17, 15) is 4.79 Å². The van der Waals surface area contributed by atoms with Crippen molar-refractivity contribution in [2.45, 2.75) is 6.42 Å². The van der Waals surface area contributed by atoms with Crippen molar-refractivity contribution in [3.63, 3.8) is 0 Å². The molecular formula is C14H16N6O. The third kappa shape index (κ3) is 4.12. The van der Waals surface area contributed by atoms with E-state index < -0.39 is 0 Å². The molecule has 0 atom stereocenters. The zero-order valence-electron chi connectivity index (χ0n) is 11.7. The molecule has 2 aromatic heterocycles. The van der Waals surface area contributed by atoms with Gasteiger partial charge in [0.2, 0.25) is 0 Å². The highest BCUT2D eigenvalue weighted by Crippen LogP contribution is 2.01. The lowest BCUT2D eigenvalue weighted by molar-refractivity contribution is 0.0953. The van der Waals surface area contributed by atoms with Gasteiger partial charge in [0.25, 0.3) is 5.91 Å². The van der Waals surface area contributed by atoms with Gasteiger partial charge < -0.3 is 15.6 Å². The molecule has 3 N–H and O–H groups in total. The minimum atomic E-state index is -0.193. The van der Waals surface area contributed by atoms with Gasteiger partial charge in [-0.1, -0.05) is 11.8 Å². The van der Waals surface area contributed by atoms with E-state index >= 15 is 0 Å². The average Bonchev–Trinajstić information content (AvgIpc) is 2.91. The minimum absolute atomic E-state index is 0.193. The van der Waals surface area contributed by atoms with Crippen LogP contribution in [0.1, 0.15) is 21.7 Å². The van der Waals surface area contributed by atoms with Crippen LogP contribution in [0.2, 0.25) is 0 Å². The molecule has 21 heavy (non-hydrogen) atoms. The topological polar surface area (TPSA) is 98.7 Å². The number of pyridine rings is 1. The Morgan fingerprint density at radius 1 is 1.48 bits per heavy atom. The van der Waals surface area contributed by atoms with Gasteiger partial charge in [-0.25, -0.2) is 0 Å². The van der Waals surface area contributed by atoms with Gasteiger partial charge in [0, 0.05) is 38.0 Å². The summed E-state index contributed by atoms with van der Waals surface area (Å²) in [7, 11) is 1.86. The summed E-state index contributed by atoms with van der Waals surface area (Å²) in [6.07, 6.45) is 5.34. The number of nitrogens with two attached hydrogens (primary N) is 1. The SMILES string of the molecule is Cn1cnnc1CCNC(=O)c1cncc(C#CCN)c1. The molecular weight excluding hydrogens is 268 g/mol. The van der Waals surface area contributed by atoms with Gasteiger partial charge in [-0.2, -0.15) is 0 Å². The van der Waals surface area contributed by atoms with Crippen molar-refractivity contribution in [1.29, 1.82) is 0 Å². The number of aryl methyl sites for hydroxylation is 1. The fraction of sp³-hybridized carbons (Fsp3) is 0.286. The Morgan fingerprint density at radius 3 is 3.05 bits per heavy atom. The molecule has 2 rings (SSSR count). The molecule has 0 unspecified atom stereocenters. The zero-order chi connectivity index (χ0) is 15.1. The molecule has 0 bridgehead atoms. The second kappa shape index (κ2) is 7.17. The number of hydrogen-bond donors (Lipinski definition) is 2. The van der Waals surface area contributed by atoms with Crippen molar-refractivity contribution in [3.05, 3.63) is 41.7 Å². The van der Waals surface area contributed by atoms with Crippen molar-refractivity contribution in [2.24, 2.45) is 12.8 Å². The lowest BCUT2D eigenvalue weighted by Gasteiger charge is -2.05. The fourth-order valence-corrected chi connectivity index (χ4v) is 1.71. The van der Waals surface area contributed by atoms with Crippen LogP contribution in [0.4, 0.5) is 0 Å². The summed E-state index contributed by atoms with van der Waals surface area (Å²) in [5, 5.41) is 10.5. The summed E-state index contributed by atoms with van der Waals surface area (Å²) in [5.74, 6) is 6.20. The number of aromatic nitrogens is 4. The molecule has 0 aliphatic rings. The number of carbonyl (C=O) groups excluding carboxylic acids is 1. The maximum Gasteiger partial charge on any atom is 0.252 e. The van der Waals surface area contributed by atoms with Gasteiger partial charge in [0.05, 0.1) is 12.1 Å². The monoisotopic (exact) mass is 284 g/mol. The van der Waals surface area contributed by atoms with Crippen molar-refractivity contribution in [3.8, 4) is 11.8 Å². The molecule has 2 aromatic rings. The second-order valence-corrected chi connectivity index (χ2v) is 4.33. The van der Waals surface area contributed by atoms with Crippen LogP contribution in [-0.2, 0) is 13.5 Å². The van der Waals surface area contributed by atoms with Crippen LogP contribution in [0.15, 0.2) is 24.8 Å². The fourth-order valence-electron chi connectivity index (χ4n) is 1.71. The molecule has 0 aromatic carbocycles. The summed E-state index contributed by atoms with van der Waals surface area (Å²) >= 11 is 0. The molecule has 0 aliphatic heterocycles. The highest BCUT2D eigenvalue weighted by atomic mass is 16.1. The number of carbonyl (C=O) groups is 1. The number of nitrogens with one attached hydrogen (secondary N) is 1. The summed E-state index contributed by atoms with van der Waals surface area (Å²) in [6, 6.07) is 1.69. The second-order valence-electron chi connectivity index (χ2n) is 4.33. The van der Waals surface area contributed by atoms with Crippen LogP contribution in [0, 0.1) is 11.8 Å². The molecule has 0 spiro atoms. The molecule has 1 amide bonds. The van der Waals surface area contributed by atoms with Crippen LogP contribution in [-0.4, -0.2) is 38.7 Å². The van der Waals surface area contributed by atoms with Gasteiger partial charge in [0.1, 0.15) is 12.2 Å². The molecule has 7 heteroatoms. The van der Waals surface area contributed by atoms with Crippen molar-refractivity contribution < 1.29 is 4.79 Å².